The van der Waals surface area contributed by atoms with E-state index in [4.69, 9.17) is 16.0 Å². The third kappa shape index (κ3) is 4.25. The van der Waals surface area contributed by atoms with Crippen LogP contribution in [0.15, 0.2) is 40.9 Å². The Balaban J connectivity index is 1.91. The highest BCUT2D eigenvalue weighted by Gasteiger charge is 2.22. The van der Waals surface area contributed by atoms with Gasteiger partial charge in [-0.1, -0.05) is 11.6 Å². The van der Waals surface area contributed by atoms with E-state index in [1.165, 1.54) is 25.3 Å². The Kier molecular flexibility index (Phi) is 5.43. The van der Waals surface area contributed by atoms with Crippen molar-refractivity contribution >= 4 is 27.3 Å². The average molecular weight is 411 g/mol. The number of sulfonamides is 1. The highest BCUT2D eigenvalue weighted by Crippen LogP contribution is 2.26. The number of anilines is 1. The summed E-state index contributed by atoms with van der Waals surface area (Å²) in [5, 5.41) is 7.51. The van der Waals surface area contributed by atoms with Gasteiger partial charge in [0.15, 0.2) is 0 Å². The summed E-state index contributed by atoms with van der Waals surface area (Å²) in [6.45, 7) is 3.18. The Morgan fingerprint density at radius 3 is 2.56 bits per heavy atom. The predicted octanol–water partition coefficient (Wildman–Crippen LogP) is 3.59. The van der Waals surface area contributed by atoms with Gasteiger partial charge in [0.2, 0.25) is 21.8 Å². The van der Waals surface area contributed by atoms with Gasteiger partial charge in [-0.15, -0.1) is 10.2 Å². The fourth-order valence-electron chi connectivity index (χ4n) is 2.35. The summed E-state index contributed by atoms with van der Waals surface area (Å²) in [7, 11) is -3.63. The van der Waals surface area contributed by atoms with Crippen molar-refractivity contribution in [3.8, 4) is 11.5 Å². The molecule has 0 unspecified atom stereocenters. The van der Waals surface area contributed by atoms with E-state index < -0.39 is 15.8 Å². The quantitative estimate of drug-likeness (QED) is 0.617. The normalized spacial score (nSPS) is 11.6. The minimum atomic E-state index is -3.63. The van der Waals surface area contributed by atoms with Crippen molar-refractivity contribution in [2.45, 2.75) is 20.4 Å². The molecule has 0 amide bonds. The fourth-order valence-corrected chi connectivity index (χ4v) is 3.60. The van der Waals surface area contributed by atoms with Crippen LogP contribution in [0.2, 0.25) is 5.02 Å². The second-order valence-corrected chi connectivity index (χ2v) is 8.26. The molecule has 1 aromatic carbocycles. The van der Waals surface area contributed by atoms with E-state index in [-0.39, 0.29) is 23.0 Å². The maximum Gasteiger partial charge on any atom is 0.249 e. The van der Waals surface area contributed by atoms with Crippen LogP contribution in [0, 0.1) is 12.7 Å². The smallest absolute Gasteiger partial charge is 0.249 e. The molecule has 0 atom stereocenters. The minimum absolute atomic E-state index is 0.0265. The SMILES string of the molecule is CCS(=O)(=O)N(Cc1ccc(-c2nnc(C)o2)cn1)c1ccc(F)c(Cl)c1. The zero-order valence-corrected chi connectivity index (χ0v) is 16.1. The minimum Gasteiger partial charge on any atom is -0.421 e. The van der Waals surface area contributed by atoms with Crippen molar-refractivity contribution in [1.82, 2.24) is 15.2 Å². The highest BCUT2D eigenvalue weighted by molar-refractivity contribution is 7.92. The van der Waals surface area contributed by atoms with Crippen LogP contribution in [0.4, 0.5) is 10.1 Å². The van der Waals surface area contributed by atoms with Crippen LogP contribution >= 0.6 is 11.6 Å². The lowest BCUT2D eigenvalue weighted by Crippen LogP contribution is -2.32. The summed E-state index contributed by atoms with van der Waals surface area (Å²) >= 11 is 5.81. The Bertz CT molecular complexity index is 1050. The molecule has 2 heterocycles. The van der Waals surface area contributed by atoms with Gasteiger partial charge in [-0.25, -0.2) is 12.8 Å². The third-order valence-electron chi connectivity index (χ3n) is 3.80. The molecule has 0 spiro atoms. The van der Waals surface area contributed by atoms with Gasteiger partial charge in [0.1, 0.15) is 5.82 Å². The molecule has 7 nitrogen and oxygen atoms in total. The summed E-state index contributed by atoms with van der Waals surface area (Å²) in [5.41, 5.74) is 1.38. The van der Waals surface area contributed by atoms with Gasteiger partial charge < -0.3 is 4.42 Å². The summed E-state index contributed by atoms with van der Waals surface area (Å²) in [4.78, 5) is 4.28. The second-order valence-electron chi connectivity index (χ2n) is 5.67. The molecule has 3 rings (SSSR count). The molecule has 10 heteroatoms. The molecular weight excluding hydrogens is 395 g/mol. The maximum absolute atomic E-state index is 13.4. The molecule has 2 aromatic heterocycles. The standard InChI is InChI=1S/C17H16ClFN4O3S/c1-3-27(24,25)23(14-6-7-16(19)15(18)8-14)10-13-5-4-12(9-20-13)17-22-21-11(2)26-17/h4-9H,3,10H2,1-2H3. The van der Waals surface area contributed by atoms with Crippen molar-refractivity contribution in [2.75, 3.05) is 10.1 Å². The van der Waals surface area contributed by atoms with Crippen LogP contribution in [0.5, 0.6) is 0 Å². The molecule has 0 saturated carbocycles. The van der Waals surface area contributed by atoms with Crippen molar-refractivity contribution < 1.29 is 17.2 Å². The first-order valence-corrected chi connectivity index (χ1v) is 9.99. The van der Waals surface area contributed by atoms with Crippen molar-refractivity contribution in [3.63, 3.8) is 0 Å². The van der Waals surface area contributed by atoms with Crippen LogP contribution in [0.1, 0.15) is 18.5 Å². The lowest BCUT2D eigenvalue weighted by Gasteiger charge is -2.23. The molecule has 0 bridgehead atoms. The molecule has 142 valence electrons. The fraction of sp³-hybridized carbons (Fsp3) is 0.235. The monoisotopic (exact) mass is 410 g/mol. The number of nitrogens with zero attached hydrogens (tertiary/aromatic N) is 4. The number of pyridine rings is 1. The number of benzene rings is 1. The zero-order valence-electron chi connectivity index (χ0n) is 14.6. The molecule has 0 fully saturated rings. The Morgan fingerprint density at radius 1 is 1.22 bits per heavy atom. The van der Waals surface area contributed by atoms with Crippen LogP contribution in [-0.2, 0) is 16.6 Å². The van der Waals surface area contributed by atoms with E-state index in [9.17, 15) is 12.8 Å². The van der Waals surface area contributed by atoms with Crippen LogP contribution in [-0.4, -0.2) is 29.4 Å². The number of aromatic nitrogens is 3. The molecule has 0 aliphatic carbocycles. The van der Waals surface area contributed by atoms with E-state index in [2.05, 4.69) is 15.2 Å². The molecule has 0 radical (unpaired) electrons. The predicted molar refractivity (Wildman–Crippen MR) is 99.3 cm³/mol. The number of aryl methyl sites for hydroxylation is 1. The van der Waals surface area contributed by atoms with Gasteiger partial charge in [0, 0.05) is 13.1 Å². The van der Waals surface area contributed by atoms with Crippen LogP contribution < -0.4 is 4.31 Å². The van der Waals surface area contributed by atoms with Crippen molar-refractivity contribution in [1.29, 1.82) is 0 Å². The van der Waals surface area contributed by atoms with Crippen molar-refractivity contribution in [2.24, 2.45) is 0 Å². The Hall–Kier alpha value is -2.52. The van der Waals surface area contributed by atoms with E-state index in [1.54, 1.807) is 19.1 Å². The van der Waals surface area contributed by atoms with Gasteiger partial charge in [0.25, 0.3) is 0 Å². The van der Waals surface area contributed by atoms with Gasteiger partial charge in [-0.3, -0.25) is 9.29 Å². The number of halogens is 2. The zero-order chi connectivity index (χ0) is 19.6. The van der Waals surface area contributed by atoms with Crippen LogP contribution in [0.25, 0.3) is 11.5 Å². The largest absolute Gasteiger partial charge is 0.421 e. The Labute approximate surface area is 160 Å². The molecule has 3 aromatic rings. The summed E-state index contributed by atoms with van der Waals surface area (Å²) in [5.74, 6) is 0.0189. The van der Waals surface area contributed by atoms with Crippen molar-refractivity contribution in [3.05, 3.63) is 59.0 Å². The first-order valence-electron chi connectivity index (χ1n) is 8.01. The maximum atomic E-state index is 13.4. The van der Waals surface area contributed by atoms with Gasteiger partial charge >= 0.3 is 0 Å². The number of hydrogen-bond acceptors (Lipinski definition) is 6. The Morgan fingerprint density at radius 2 is 2.00 bits per heavy atom. The molecular formula is C17H16ClFN4O3S. The molecule has 0 N–H and O–H groups in total. The van der Waals surface area contributed by atoms with E-state index in [0.29, 0.717) is 23.0 Å². The van der Waals surface area contributed by atoms with Crippen LogP contribution in [0.3, 0.4) is 0 Å². The highest BCUT2D eigenvalue weighted by atomic mass is 35.5. The summed E-state index contributed by atoms with van der Waals surface area (Å²) in [6, 6.07) is 7.15. The first kappa shape index (κ1) is 19.2. The van der Waals surface area contributed by atoms with E-state index in [1.807, 2.05) is 0 Å². The first-order chi connectivity index (χ1) is 12.8. The van der Waals surface area contributed by atoms with Gasteiger partial charge in [0.05, 0.1) is 34.3 Å². The second kappa shape index (κ2) is 7.61. The molecule has 27 heavy (non-hydrogen) atoms. The van der Waals surface area contributed by atoms with E-state index >= 15 is 0 Å². The summed E-state index contributed by atoms with van der Waals surface area (Å²) < 4.78 is 45.0. The van der Waals surface area contributed by atoms with E-state index in [0.717, 1.165) is 10.4 Å². The lowest BCUT2D eigenvalue weighted by atomic mass is 10.2. The molecule has 0 aliphatic rings. The van der Waals surface area contributed by atoms with Gasteiger partial charge in [-0.05, 0) is 37.3 Å². The third-order valence-corrected chi connectivity index (χ3v) is 5.83. The lowest BCUT2D eigenvalue weighted by molar-refractivity contribution is 0.532. The number of rotatable bonds is 6. The average Bonchev–Trinajstić information content (AvgIpc) is 3.09. The topological polar surface area (TPSA) is 89.2 Å². The van der Waals surface area contributed by atoms with Gasteiger partial charge in [-0.2, -0.15) is 0 Å². The summed E-state index contributed by atoms with van der Waals surface area (Å²) in [6.07, 6.45) is 1.52. The number of hydrogen-bond donors (Lipinski definition) is 0. The molecule has 0 aliphatic heterocycles. The molecule has 0 saturated heterocycles.